The van der Waals surface area contributed by atoms with Gasteiger partial charge in [-0.05, 0) is 0 Å². The number of carbonyl (C=O) groups excluding carboxylic acids is 1. The van der Waals surface area contributed by atoms with Crippen molar-refractivity contribution in [3.63, 3.8) is 0 Å². The van der Waals surface area contributed by atoms with Crippen LogP contribution in [0.25, 0.3) is 0 Å². The molecule has 3 N–H and O–H groups in total. The zero-order chi connectivity index (χ0) is 11.6. The van der Waals surface area contributed by atoms with Crippen LogP contribution in [0.1, 0.15) is 6.92 Å². The van der Waals surface area contributed by atoms with E-state index >= 15 is 0 Å². The first-order chi connectivity index (χ1) is 7.79. The average molecular weight is 262 g/mol. The van der Waals surface area contributed by atoms with Crippen molar-refractivity contribution in [3.05, 3.63) is 0 Å². The summed E-state index contributed by atoms with van der Waals surface area (Å²) in [4.78, 5) is 11.1. The summed E-state index contributed by atoms with van der Waals surface area (Å²) >= 11 is -0.560. The molecule has 1 aliphatic heterocycles. The van der Waals surface area contributed by atoms with Gasteiger partial charge in [0, 0.05) is 0 Å². The molecule has 5 nitrogen and oxygen atoms in total. The van der Waals surface area contributed by atoms with Gasteiger partial charge in [-0.1, -0.05) is 0 Å². The molecule has 1 aliphatic rings. The topological polar surface area (TPSA) is 56.4 Å². The van der Waals surface area contributed by atoms with Crippen LogP contribution in [0.3, 0.4) is 0 Å². The zero-order valence-electron chi connectivity index (χ0n) is 10.0. The Kier molecular flexibility index (Phi) is 8.28. The second-order valence-electron chi connectivity index (χ2n) is 3.91. The average Bonchev–Trinajstić information content (AvgIpc) is 2.21. The zero-order valence-corrected chi connectivity index (χ0v) is 11.6. The van der Waals surface area contributed by atoms with E-state index < -0.39 is 19.4 Å². The second kappa shape index (κ2) is 9.27. The van der Waals surface area contributed by atoms with Crippen LogP contribution in [0.15, 0.2) is 0 Å². The van der Waals surface area contributed by atoms with E-state index in [2.05, 4.69) is 19.3 Å². The standard InChI is InChI=1S/C8H19N4.C2H3O.Ti/c1-2-10-5-6-12-8-7-11-4-3-9-1;1-2-3;/h9-11H,1-8H2;1H3;/q-1;;+1. The first kappa shape index (κ1) is 14.3. The van der Waals surface area contributed by atoms with Gasteiger partial charge < -0.3 is 0 Å². The number of rotatable bonds is 2. The van der Waals surface area contributed by atoms with Gasteiger partial charge in [-0.3, -0.25) is 0 Å². The molecule has 0 radical (unpaired) electrons. The van der Waals surface area contributed by atoms with Gasteiger partial charge in [-0.2, -0.15) is 0 Å². The Bertz CT molecular complexity index is 191. The molecule has 1 heterocycles. The van der Waals surface area contributed by atoms with Crippen LogP contribution in [0, 0.1) is 0 Å². The molecule has 0 unspecified atom stereocenters. The Hall–Kier alpha value is 0.224. The monoisotopic (exact) mass is 262 g/mol. The molecule has 92 valence electrons. The summed E-state index contributed by atoms with van der Waals surface area (Å²) in [5.41, 5.74) is 0. The molecular formula is C10H22N4OTi. The van der Waals surface area contributed by atoms with Crippen LogP contribution in [-0.2, 0) is 24.2 Å². The predicted molar refractivity (Wildman–Crippen MR) is 60.9 cm³/mol. The van der Waals surface area contributed by atoms with Gasteiger partial charge in [0.2, 0.25) is 0 Å². The molecule has 0 aromatic rings. The maximum absolute atomic E-state index is 11.1. The number of nitrogens with one attached hydrogen (secondary N) is 3. The Labute approximate surface area is 107 Å². The van der Waals surface area contributed by atoms with Gasteiger partial charge in [-0.15, -0.1) is 0 Å². The molecule has 0 saturated carbocycles. The van der Waals surface area contributed by atoms with Gasteiger partial charge in [0.1, 0.15) is 0 Å². The van der Waals surface area contributed by atoms with Gasteiger partial charge in [0.25, 0.3) is 0 Å². The van der Waals surface area contributed by atoms with Crippen LogP contribution in [0.5, 0.6) is 0 Å². The first-order valence-corrected chi connectivity index (χ1v) is 7.41. The fourth-order valence-corrected chi connectivity index (χ4v) is 3.00. The van der Waals surface area contributed by atoms with Crippen molar-refractivity contribution in [3.8, 4) is 0 Å². The Balaban J connectivity index is 2.27. The summed E-state index contributed by atoms with van der Waals surface area (Å²) in [7, 11) is 0. The minimum atomic E-state index is -0.560. The molecule has 0 spiro atoms. The fourth-order valence-electron chi connectivity index (χ4n) is 1.60. The van der Waals surface area contributed by atoms with Gasteiger partial charge >= 0.3 is 107 Å². The number of carbonyl (C=O) groups is 1. The summed E-state index contributed by atoms with van der Waals surface area (Å²) in [6, 6.07) is 0. The van der Waals surface area contributed by atoms with Gasteiger partial charge in [-0.25, -0.2) is 0 Å². The summed E-state index contributed by atoms with van der Waals surface area (Å²) < 4.78 is 2.70. The van der Waals surface area contributed by atoms with Crippen molar-refractivity contribution in [2.24, 2.45) is 0 Å². The Morgan fingerprint density at radius 2 is 1.38 bits per heavy atom. The Morgan fingerprint density at radius 3 is 1.81 bits per heavy atom. The molecule has 16 heavy (non-hydrogen) atoms. The van der Waals surface area contributed by atoms with Crippen LogP contribution < -0.4 is 16.0 Å². The normalized spacial score (nSPS) is 21.8. The van der Waals surface area contributed by atoms with Crippen LogP contribution >= 0.6 is 0 Å². The molecular weight excluding hydrogens is 240 g/mol. The van der Waals surface area contributed by atoms with E-state index in [1.807, 2.05) is 0 Å². The van der Waals surface area contributed by atoms with Crippen molar-refractivity contribution in [2.75, 3.05) is 52.4 Å². The minimum absolute atomic E-state index is 0.369. The number of hydrogen-bond donors (Lipinski definition) is 3. The summed E-state index contributed by atoms with van der Waals surface area (Å²) in [6.07, 6.45) is 0. The molecule has 0 aromatic carbocycles. The SMILES string of the molecule is C[C](=O)[Ti][N]1CCNCCNCCNCC1. The second-order valence-corrected chi connectivity index (χ2v) is 6.34. The summed E-state index contributed by atoms with van der Waals surface area (Å²) in [5.74, 6) is 0. The van der Waals surface area contributed by atoms with Crippen molar-refractivity contribution >= 4 is 4.09 Å². The van der Waals surface area contributed by atoms with E-state index in [4.69, 9.17) is 0 Å². The van der Waals surface area contributed by atoms with Gasteiger partial charge in [0.15, 0.2) is 0 Å². The third kappa shape index (κ3) is 7.49. The van der Waals surface area contributed by atoms with Crippen LogP contribution in [-0.4, -0.2) is 59.8 Å². The third-order valence-corrected chi connectivity index (χ3v) is 4.07. The van der Waals surface area contributed by atoms with E-state index in [0.717, 1.165) is 52.4 Å². The molecule has 0 amide bonds. The van der Waals surface area contributed by atoms with Crippen molar-refractivity contribution < 1.29 is 24.2 Å². The fraction of sp³-hybridized carbons (Fsp3) is 0.900. The Morgan fingerprint density at radius 1 is 0.938 bits per heavy atom. The molecule has 0 bridgehead atoms. The number of nitrogens with zero attached hydrogens (tertiary/aromatic N) is 1. The van der Waals surface area contributed by atoms with Crippen molar-refractivity contribution in [2.45, 2.75) is 6.92 Å². The molecule has 6 heteroatoms. The molecule has 0 aromatic heterocycles. The van der Waals surface area contributed by atoms with E-state index in [-0.39, 0.29) is 0 Å². The third-order valence-electron chi connectivity index (χ3n) is 2.39. The molecule has 0 atom stereocenters. The molecule has 0 aliphatic carbocycles. The molecule has 1 saturated heterocycles. The number of hydrogen-bond acceptors (Lipinski definition) is 5. The van der Waals surface area contributed by atoms with Crippen LogP contribution in [0.4, 0.5) is 0 Å². The van der Waals surface area contributed by atoms with E-state index in [1.165, 1.54) is 0 Å². The van der Waals surface area contributed by atoms with Crippen LogP contribution in [0.2, 0.25) is 0 Å². The molecule has 1 fully saturated rings. The first-order valence-electron chi connectivity index (χ1n) is 5.93. The van der Waals surface area contributed by atoms with E-state index in [9.17, 15) is 4.79 Å². The summed E-state index contributed by atoms with van der Waals surface area (Å²) in [6.45, 7) is 9.73. The summed E-state index contributed by atoms with van der Waals surface area (Å²) in [5, 5.41) is 10.1. The quantitative estimate of drug-likeness (QED) is 0.535. The van der Waals surface area contributed by atoms with E-state index in [1.54, 1.807) is 6.92 Å². The van der Waals surface area contributed by atoms with Crippen molar-refractivity contribution in [1.82, 2.24) is 19.3 Å². The van der Waals surface area contributed by atoms with E-state index in [0.29, 0.717) is 4.09 Å². The van der Waals surface area contributed by atoms with Gasteiger partial charge in [0.05, 0.1) is 0 Å². The molecule has 1 rings (SSSR count). The van der Waals surface area contributed by atoms with Crippen molar-refractivity contribution in [1.29, 1.82) is 0 Å². The predicted octanol–water partition coefficient (Wildman–Crippen LogP) is -1.39. The maximum atomic E-state index is 11.1.